The average Bonchev–Trinajstić information content (AvgIpc) is 2.72. The van der Waals surface area contributed by atoms with Crippen LogP contribution in [0.2, 0.25) is 0 Å². The van der Waals surface area contributed by atoms with Crippen molar-refractivity contribution >= 4 is 5.82 Å². The third-order valence-electron chi connectivity index (χ3n) is 4.24. The number of nitrogens with zero attached hydrogens (tertiary/aromatic N) is 2. The second-order valence-corrected chi connectivity index (χ2v) is 5.72. The van der Waals surface area contributed by atoms with Gasteiger partial charge in [0.1, 0.15) is 34.7 Å². The molecule has 1 heterocycles. The molecule has 3 rings (SSSR count). The maximum absolute atomic E-state index is 9.62. The summed E-state index contributed by atoms with van der Waals surface area (Å²) in [6, 6.07) is 16.8. The Hall–Kier alpha value is -3.72. The Morgan fingerprint density at radius 1 is 0.852 bits per heavy atom. The van der Waals surface area contributed by atoms with Crippen LogP contribution in [-0.2, 0) is 0 Å². The Morgan fingerprint density at radius 3 is 2.11 bits per heavy atom. The van der Waals surface area contributed by atoms with Crippen LogP contribution in [0.1, 0.15) is 5.56 Å². The number of nitrogen functional groups attached to an aromatic ring is 1. The topological polar surface area (TPSA) is 90.4 Å². The molecule has 2 N–H and O–H groups in total. The Labute approximate surface area is 157 Å². The van der Waals surface area contributed by atoms with Crippen molar-refractivity contribution < 1.29 is 14.2 Å². The van der Waals surface area contributed by atoms with Crippen LogP contribution in [0.4, 0.5) is 5.82 Å². The summed E-state index contributed by atoms with van der Waals surface area (Å²) in [6.07, 6.45) is 0. The van der Waals surface area contributed by atoms with Gasteiger partial charge in [-0.1, -0.05) is 0 Å². The zero-order valence-corrected chi connectivity index (χ0v) is 15.3. The van der Waals surface area contributed by atoms with E-state index in [0.29, 0.717) is 33.9 Å². The maximum Gasteiger partial charge on any atom is 0.142 e. The van der Waals surface area contributed by atoms with Gasteiger partial charge in [0.2, 0.25) is 0 Å². The van der Waals surface area contributed by atoms with Crippen molar-refractivity contribution in [2.75, 3.05) is 27.1 Å². The molecular weight excluding hydrogens is 342 g/mol. The number of pyridine rings is 1. The highest BCUT2D eigenvalue weighted by Crippen LogP contribution is 2.38. The van der Waals surface area contributed by atoms with Gasteiger partial charge in [-0.3, -0.25) is 0 Å². The van der Waals surface area contributed by atoms with Gasteiger partial charge in [0.25, 0.3) is 0 Å². The van der Waals surface area contributed by atoms with Crippen LogP contribution in [0.5, 0.6) is 17.2 Å². The molecule has 6 nitrogen and oxygen atoms in total. The van der Waals surface area contributed by atoms with Crippen LogP contribution in [0.25, 0.3) is 22.4 Å². The molecule has 0 saturated carbocycles. The van der Waals surface area contributed by atoms with Crippen LogP contribution < -0.4 is 19.9 Å². The highest BCUT2D eigenvalue weighted by molar-refractivity contribution is 5.83. The third-order valence-corrected chi connectivity index (χ3v) is 4.24. The summed E-state index contributed by atoms with van der Waals surface area (Å²) in [4.78, 5) is 4.40. The van der Waals surface area contributed by atoms with Gasteiger partial charge >= 0.3 is 0 Å². The molecule has 0 aliphatic carbocycles. The van der Waals surface area contributed by atoms with E-state index < -0.39 is 0 Å². The lowest BCUT2D eigenvalue weighted by Crippen LogP contribution is -2.01. The van der Waals surface area contributed by atoms with Gasteiger partial charge in [-0.05, 0) is 48.5 Å². The summed E-state index contributed by atoms with van der Waals surface area (Å²) in [7, 11) is 4.77. The Morgan fingerprint density at radius 2 is 1.52 bits per heavy atom. The first-order valence-corrected chi connectivity index (χ1v) is 8.18. The predicted octanol–water partition coefficient (Wildman–Crippen LogP) is 3.90. The molecule has 0 aliphatic rings. The number of hydrogen-bond acceptors (Lipinski definition) is 6. The number of ether oxygens (including phenoxy) is 3. The minimum absolute atomic E-state index is 0.158. The number of nitriles is 1. The lowest BCUT2D eigenvalue weighted by Gasteiger charge is -2.14. The minimum Gasteiger partial charge on any atom is -0.497 e. The van der Waals surface area contributed by atoms with E-state index in [9.17, 15) is 5.26 Å². The fraction of sp³-hybridized carbons (Fsp3) is 0.143. The molecule has 1 aromatic heterocycles. The Balaban J connectivity index is 2.23. The van der Waals surface area contributed by atoms with Crippen molar-refractivity contribution in [3.8, 4) is 45.7 Å². The van der Waals surface area contributed by atoms with Crippen LogP contribution in [0.3, 0.4) is 0 Å². The van der Waals surface area contributed by atoms with E-state index >= 15 is 0 Å². The second-order valence-electron chi connectivity index (χ2n) is 5.72. The standard InChI is InChI=1S/C21H19N3O3/c1-25-14-6-4-13(5-7-14)19-11-16(18(12-22)21(23)24-19)17-10-15(26-2)8-9-20(17)27-3/h4-11H,1-3H3,(H2,23,24). The zero-order chi connectivity index (χ0) is 19.4. The van der Waals surface area contributed by atoms with Gasteiger partial charge < -0.3 is 19.9 Å². The van der Waals surface area contributed by atoms with Gasteiger partial charge in [0, 0.05) is 16.7 Å². The highest BCUT2D eigenvalue weighted by atomic mass is 16.5. The van der Waals surface area contributed by atoms with Crippen LogP contribution >= 0.6 is 0 Å². The van der Waals surface area contributed by atoms with Gasteiger partial charge in [-0.15, -0.1) is 0 Å². The number of nitrogens with two attached hydrogens (primary N) is 1. The highest BCUT2D eigenvalue weighted by Gasteiger charge is 2.17. The van der Waals surface area contributed by atoms with E-state index in [1.807, 2.05) is 36.4 Å². The summed E-state index contributed by atoms with van der Waals surface area (Å²) in [5.74, 6) is 2.16. The number of anilines is 1. The Bertz CT molecular complexity index is 1010. The van der Waals surface area contributed by atoms with Gasteiger partial charge in [-0.25, -0.2) is 4.98 Å². The number of methoxy groups -OCH3 is 3. The molecule has 0 unspecified atom stereocenters. The molecule has 6 heteroatoms. The van der Waals surface area contributed by atoms with Crippen molar-refractivity contribution in [3.05, 3.63) is 54.1 Å². The fourth-order valence-electron chi connectivity index (χ4n) is 2.83. The van der Waals surface area contributed by atoms with Crippen molar-refractivity contribution in [1.82, 2.24) is 4.98 Å². The monoisotopic (exact) mass is 361 g/mol. The van der Waals surface area contributed by atoms with E-state index in [1.165, 1.54) is 0 Å². The van der Waals surface area contributed by atoms with Gasteiger partial charge in [-0.2, -0.15) is 5.26 Å². The maximum atomic E-state index is 9.62. The molecule has 0 fully saturated rings. The first-order chi connectivity index (χ1) is 13.1. The zero-order valence-electron chi connectivity index (χ0n) is 15.3. The molecule has 0 bridgehead atoms. The van der Waals surface area contributed by atoms with E-state index in [-0.39, 0.29) is 5.82 Å². The predicted molar refractivity (Wildman–Crippen MR) is 104 cm³/mol. The molecule has 27 heavy (non-hydrogen) atoms. The van der Waals surface area contributed by atoms with E-state index in [1.54, 1.807) is 33.5 Å². The summed E-state index contributed by atoms with van der Waals surface area (Å²) < 4.78 is 16.0. The molecule has 0 atom stereocenters. The smallest absolute Gasteiger partial charge is 0.142 e. The number of aromatic nitrogens is 1. The second kappa shape index (κ2) is 7.67. The van der Waals surface area contributed by atoms with Crippen LogP contribution in [0, 0.1) is 11.3 Å². The van der Waals surface area contributed by atoms with Crippen molar-refractivity contribution in [3.63, 3.8) is 0 Å². The molecule has 0 spiro atoms. The quantitative estimate of drug-likeness (QED) is 0.741. The molecule has 0 radical (unpaired) electrons. The number of rotatable bonds is 5. The number of hydrogen-bond donors (Lipinski definition) is 1. The first-order valence-electron chi connectivity index (χ1n) is 8.18. The molecule has 136 valence electrons. The fourth-order valence-corrected chi connectivity index (χ4v) is 2.83. The van der Waals surface area contributed by atoms with Gasteiger partial charge in [0.15, 0.2) is 0 Å². The summed E-state index contributed by atoms with van der Waals surface area (Å²) >= 11 is 0. The largest absolute Gasteiger partial charge is 0.497 e. The lowest BCUT2D eigenvalue weighted by atomic mass is 9.97. The first kappa shape index (κ1) is 18.1. The molecular formula is C21H19N3O3. The SMILES string of the molecule is COc1ccc(-c2cc(-c3cc(OC)ccc3OC)c(C#N)c(N)n2)cc1. The Kier molecular flexibility index (Phi) is 5.13. The van der Waals surface area contributed by atoms with Crippen LogP contribution in [-0.4, -0.2) is 26.3 Å². The summed E-state index contributed by atoms with van der Waals surface area (Å²) in [6.45, 7) is 0. The minimum atomic E-state index is 0.158. The summed E-state index contributed by atoms with van der Waals surface area (Å²) in [5, 5.41) is 9.62. The number of benzene rings is 2. The normalized spacial score (nSPS) is 10.1. The molecule has 3 aromatic rings. The average molecular weight is 361 g/mol. The lowest BCUT2D eigenvalue weighted by molar-refractivity contribution is 0.404. The molecule has 0 amide bonds. The van der Waals surface area contributed by atoms with E-state index in [2.05, 4.69) is 11.1 Å². The summed E-state index contributed by atoms with van der Waals surface area (Å²) in [5.41, 5.74) is 9.23. The van der Waals surface area contributed by atoms with Crippen molar-refractivity contribution in [1.29, 1.82) is 5.26 Å². The van der Waals surface area contributed by atoms with E-state index in [4.69, 9.17) is 19.9 Å². The molecule has 0 saturated heterocycles. The molecule has 2 aromatic carbocycles. The molecule has 0 aliphatic heterocycles. The van der Waals surface area contributed by atoms with E-state index in [0.717, 1.165) is 11.3 Å². The third kappa shape index (κ3) is 3.48. The van der Waals surface area contributed by atoms with Crippen molar-refractivity contribution in [2.45, 2.75) is 0 Å². The van der Waals surface area contributed by atoms with Crippen molar-refractivity contribution in [2.24, 2.45) is 0 Å². The van der Waals surface area contributed by atoms with Crippen LogP contribution in [0.15, 0.2) is 48.5 Å². The van der Waals surface area contributed by atoms with Gasteiger partial charge in [0.05, 0.1) is 27.0 Å².